The van der Waals surface area contributed by atoms with Crippen LogP contribution in [0, 0.1) is 0 Å². The number of unbranched alkanes of at least 4 members (excludes halogenated alkanes) is 1. The molecule has 0 bridgehead atoms. The number of rotatable bonds is 4. The number of nitrogens with one attached hydrogen (secondary N) is 1. The van der Waals surface area contributed by atoms with Crippen LogP contribution in [0.4, 0.5) is 0 Å². The van der Waals surface area contributed by atoms with E-state index in [0.717, 1.165) is 44.9 Å². The van der Waals surface area contributed by atoms with Crippen molar-refractivity contribution in [1.82, 2.24) is 10.2 Å². The molecule has 4 heteroatoms. The summed E-state index contributed by atoms with van der Waals surface area (Å²) in [5, 5.41) is 2.95. The van der Waals surface area contributed by atoms with Crippen LogP contribution in [0.5, 0.6) is 0 Å². The molecule has 0 radical (unpaired) electrons. The molecule has 1 saturated heterocycles. The average molecular weight is 252 g/mol. The van der Waals surface area contributed by atoms with Crippen LogP contribution in [0.15, 0.2) is 0 Å². The van der Waals surface area contributed by atoms with Gasteiger partial charge >= 0.3 is 0 Å². The lowest BCUT2D eigenvalue weighted by molar-refractivity contribution is -0.152. The highest BCUT2D eigenvalue weighted by Gasteiger charge is 2.49. The molecule has 0 aromatic heterocycles. The van der Waals surface area contributed by atoms with Crippen LogP contribution in [0.2, 0.25) is 0 Å². The molecule has 1 unspecified atom stereocenters. The Morgan fingerprint density at radius 2 is 2.00 bits per heavy atom. The lowest BCUT2D eigenvalue weighted by Crippen LogP contribution is -2.67. The van der Waals surface area contributed by atoms with E-state index in [2.05, 4.69) is 19.2 Å². The van der Waals surface area contributed by atoms with Crippen LogP contribution >= 0.6 is 0 Å². The zero-order chi connectivity index (χ0) is 13.2. The summed E-state index contributed by atoms with van der Waals surface area (Å²) >= 11 is 0. The van der Waals surface area contributed by atoms with Crippen molar-refractivity contribution in [2.24, 2.45) is 0 Å². The van der Waals surface area contributed by atoms with Gasteiger partial charge in [0.25, 0.3) is 0 Å². The first-order valence-corrected chi connectivity index (χ1v) is 7.21. The Kier molecular flexibility index (Phi) is 3.93. The highest BCUT2D eigenvalue weighted by atomic mass is 16.2. The molecule has 18 heavy (non-hydrogen) atoms. The summed E-state index contributed by atoms with van der Waals surface area (Å²) in [6.07, 6.45) is 6.95. The molecule has 1 N–H and O–H groups in total. The molecular weight excluding hydrogens is 228 g/mol. The topological polar surface area (TPSA) is 49.4 Å². The quantitative estimate of drug-likeness (QED) is 0.830. The van der Waals surface area contributed by atoms with Gasteiger partial charge in [-0.15, -0.1) is 0 Å². The van der Waals surface area contributed by atoms with Crippen LogP contribution in [0.25, 0.3) is 0 Å². The normalized spacial score (nSPS) is 24.4. The fourth-order valence-corrected chi connectivity index (χ4v) is 3.19. The van der Waals surface area contributed by atoms with E-state index in [9.17, 15) is 9.59 Å². The summed E-state index contributed by atoms with van der Waals surface area (Å²) in [5.74, 6) is 0.169. The van der Waals surface area contributed by atoms with Crippen LogP contribution in [0.1, 0.15) is 58.8 Å². The van der Waals surface area contributed by atoms with Gasteiger partial charge in [0.05, 0.1) is 6.54 Å². The van der Waals surface area contributed by atoms with E-state index in [1.165, 1.54) is 0 Å². The minimum Gasteiger partial charge on any atom is -0.340 e. The standard InChI is InChI=1S/C14H24N2O2/c1-3-4-7-11(2)16-10-12(17)15-14(13(16)18)8-5-6-9-14/h11H,3-10H2,1-2H3,(H,15,17). The summed E-state index contributed by atoms with van der Waals surface area (Å²) in [5.41, 5.74) is -0.560. The number of carbonyl (C=O) groups is 2. The molecule has 1 atom stereocenters. The maximum absolute atomic E-state index is 12.6. The first-order chi connectivity index (χ1) is 8.59. The van der Waals surface area contributed by atoms with Crippen molar-refractivity contribution in [3.8, 4) is 0 Å². The summed E-state index contributed by atoms with van der Waals surface area (Å²) in [4.78, 5) is 26.3. The number of piperazine rings is 1. The smallest absolute Gasteiger partial charge is 0.249 e. The van der Waals surface area contributed by atoms with E-state index in [1.54, 1.807) is 4.90 Å². The number of amides is 2. The molecule has 4 nitrogen and oxygen atoms in total. The third-order valence-corrected chi connectivity index (χ3v) is 4.33. The summed E-state index contributed by atoms with van der Waals surface area (Å²) in [6.45, 7) is 4.45. The molecule has 2 amide bonds. The van der Waals surface area contributed by atoms with Crippen molar-refractivity contribution in [1.29, 1.82) is 0 Å². The van der Waals surface area contributed by atoms with Gasteiger partial charge in [0.2, 0.25) is 11.8 Å². The second-order valence-corrected chi connectivity index (χ2v) is 5.76. The first kappa shape index (κ1) is 13.4. The van der Waals surface area contributed by atoms with E-state index < -0.39 is 5.54 Å². The Balaban J connectivity index is 2.10. The molecule has 2 rings (SSSR count). The highest BCUT2D eigenvalue weighted by molar-refractivity contribution is 5.98. The van der Waals surface area contributed by atoms with Gasteiger partial charge in [0.15, 0.2) is 0 Å². The fourth-order valence-electron chi connectivity index (χ4n) is 3.19. The van der Waals surface area contributed by atoms with E-state index in [0.29, 0.717) is 0 Å². The molecule has 1 heterocycles. The summed E-state index contributed by atoms with van der Waals surface area (Å²) in [6, 6.07) is 0.181. The van der Waals surface area contributed by atoms with Crippen LogP contribution < -0.4 is 5.32 Å². The molecule has 1 aliphatic heterocycles. The molecule has 0 aromatic carbocycles. The number of hydrogen-bond donors (Lipinski definition) is 1. The van der Waals surface area contributed by atoms with Crippen molar-refractivity contribution in [2.75, 3.05) is 6.54 Å². The zero-order valence-corrected chi connectivity index (χ0v) is 11.5. The number of carbonyl (C=O) groups excluding carboxylic acids is 2. The Morgan fingerprint density at radius 1 is 1.33 bits per heavy atom. The fraction of sp³-hybridized carbons (Fsp3) is 0.857. The Morgan fingerprint density at radius 3 is 2.61 bits per heavy atom. The predicted molar refractivity (Wildman–Crippen MR) is 70.0 cm³/mol. The maximum Gasteiger partial charge on any atom is 0.249 e. The zero-order valence-electron chi connectivity index (χ0n) is 11.5. The maximum atomic E-state index is 12.6. The van der Waals surface area contributed by atoms with Crippen molar-refractivity contribution >= 4 is 11.8 Å². The van der Waals surface area contributed by atoms with E-state index in [-0.39, 0.29) is 24.4 Å². The van der Waals surface area contributed by atoms with E-state index in [4.69, 9.17) is 0 Å². The van der Waals surface area contributed by atoms with Gasteiger partial charge in [-0.1, -0.05) is 32.6 Å². The van der Waals surface area contributed by atoms with E-state index in [1.807, 2.05) is 0 Å². The van der Waals surface area contributed by atoms with Gasteiger partial charge in [-0.3, -0.25) is 9.59 Å². The van der Waals surface area contributed by atoms with Crippen molar-refractivity contribution in [3.05, 3.63) is 0 Å². The number of nitrogens with zero attached hydrogens (tertiary/aromatic N) is 1. The molecule has 1 spiro atoms. The SMILES string of the molecule is CCCCC(C)N1CC(=O)NC2(CCCC2)C1=O. The average Bonchev–Trinajstić information content (AvgIpc) is 2.80. The van der Waals surface area contributed by atoms with Crippen LogP contribution in [-0.2, 0) is 9.59 Å². The Bertz CT molecular complexity index is 335. The van der Waals surface area contributed by atoms with Crippen LogP contribution in [-0.4, -0.2) is 34.8 Å². The van der Waals surface area contributed by atoms with Crippen LogP contribution in [0.3, 0.4) is 0 Å². The molecule has 2 fully saturated rings. The van der Waals surface area contributed by atoms with Gasteiger partial charge in [0, 0.05) is 6.04 Å². The number of hydrogen-bond acceptors (Lipinski definition) is 2. The largest absolute Gasteiger partial charge is 0.340 e. The van der Waals surface area contributed by atoms with Gasteiger partial charge in [-0.2, -0.15) is 0 Å². The van der Waals surface area contributed by atoms with E-state index >= 15 is 0 Å². The lowest BCUT2D eigenvalue weighted by atomic mass is 9.91. The van der Waals surface area contributed by atoms with Gasteiger partial charge < -0.3 is 10.2 Å². The summed E-state index contributed by atoms with van der Waals surface area (Å²) in [7, 11) is 0. The highest BCUT2D eigenvalue weighted by Crippen LogP contribution is 2.34. The van der Waals surface area contributed by atoms with Gasteiger partial charge in [-0.25, -0.2) is 0 Å². The van der Waals surface area contributed by atoms with Crippen molar-refractivity contribution in [3.63, 3.8) is 0 Å². The molecule has 102 valence electrons. The lowest BCUT2D eigenvalue weighted by Gasteiger charge is -2.42. The summed E-state index contributed by atoms with van der Waals surface area (Å²) < 4.78 is 0. The molecular formula is C14H24N2O2. The van der Waals surface area contributed by atoms with Crippen molar-refractivity contribution < 1.29 is 9.59 Å². The van der Waals surface area contributed by atoms with Crippen molar-refractivity contribution in [2.45, 2.75) is 70.4 Å². The Labute approximate surface area is 109 Å². The first-order valence-electron chi connectivity index (χ1n) is 7.21. The minimum absolute atomic E-state index is 0.0137. The molecule has 0 aromatic rings. The van der Waals surface area contributed by atoms with Gasteiger partial charge in [-0.05, 0) is 26.2 Å². The second-order valence-electron chi connectivity index (χ2n) is 5.76. The molecule has 1 saturated carbocycles. The minimum atomic E-state index is -0.560. The third kappa shape index (κ3) is 2.38. The molecule has 2 aliphatic rings. The predicted octanol–water partition coefficient (Wildman–Crippen LogP) is 1.84. The monoisotopic (exact) mass is 252 g/mol. The second kappa shape index (κ2) is 5.29. The third-order valence-electron chi connectivity index (χ3n) is 4.33. The van der Waals surface area contributed by atoms with Gasteiger partial charge in [0.1, 0.15) is 5.54 Å². The molecule has 1 aliphatic carbocycles. The Hall–Kier alpha value is -1.06.